The van der Waals surface area contributed by atoms with E-state index in [4.69, 9.17) is 9.47 Å². The Morgan fingerprint density at radius 1 is 1.36 bits per heavy atom. The molecule has 2 aromatic rings. The number of hydrogen-bond donors (Lipinski definition) is 0. The maximum absolute atomic E-state index is 12.9. The molecular formula is C19H21N3O3. The summed E-state index contributed by atoms with van der Waals surface area (Å²) in [6.07, 6.45) is 7.68. The van der Waals surface area contributed by atoms with Gasteiger partial charge in [-0.05, 0) is 31.1 Å². The van der Waals surface area contributed by atoms with E-state index in [-0.39, 0.29) is 18.6 Å². The van der Waals surface area contributed by atoms with E-state index >= 15 is 0 Å². The minimum atomic E-state index is 0.0466. The van der Waals surface area contributed by atoms with E-state index in [9.17, 15) is 4.79 Å². The van der Waals surface area contributed by atoms with Crippen LogP contribution in [0.15, 0.2) is 42.2 Å². The molecule has 4 rings (SSSR count). The average molecular weight is 339 g/mol. The number of nitrogens with zero attached hydrogens (tertiary/aromatic N) is 3. The van der Waals surface area contributed by atoms with Gasteiger partial charge in [0.1, 0.15) is 6.61 Å². The van der Waals surface area contributed by atoms with Gasteiger partial charge in [0, 0.05) is 31.0 Å². The van der Waals surface area contributed by atoms with E-state index in [1.807, 2.05) is 46.1 Å². The number of piperidine rings is 1. The van der Waals surface area contributed by atoms with Crippen LogP contribution in [0.1, 0.15) is 24.4 Å². The van der Waals surface area contributed by atoms with Crippen LogP contribution in [-0.4, -0.2) is 47.4 Å². The Balaban J connectivity index is 1.53. The molecule has 0 radical (unpaired) electrons. The van der Waals surface area contributed by atoms with Gasteiger partial charge in [-0.15, -0.1) is 0 Å². The van der Waals surface area contributed by atoms with Gasteiger partial charge in [-0.1, -0.05) is 12.1 Å². The summed E-state index contributed by atoms with van der Waals surface area (Å²) in [7, 11) is 1.62. The molecule has 6 heteroatoms. The summed E-state index contributed by atoms with van der Waals surface area (Å²) in [5.74, 6) is 1.44. The number of hydrogen-bond acceptors (Lipinski definition) is 4. The number of methoxy groups -OCH3 is 1. The van der Waals surface area contributed by atoms with Crippen LogP contribution < -0.4 is 9.47 Å². The van der Waals surface area contributed by atoms with Crippen LogP contribution >= 0.6 is 0 Å². The van der Waals surface area contributed by atoms with Crippen molar-refractivity contribution in [2.24, 2.45) is 0 Å². The second kappa shape index (κ2) is 6.63. The minimum absolute atomic E-state index is 0.0466. The van der Waals surface area contributed by atoms with Gasteiger partial charge in [-0.25, -0.2) is 0 Å². The molecule has 130 valence electrons. The SMILES string of the molecule is COc1cccc2c1OCC(C(=O)N1CCCC(n3cccn3)C1)=C2. The largest absolute Gasteiger partial charge is 0.493 e. The molecule has 1 amide bonds. The quantitative estimate of drug-likeness (QED) is 0.862. The first-order valence-electron chi connectivity index (χ1n) is 8.55. The van der Waals surface area contributed by atoms with Gasteiger partial charge in [0.15, 0.2) is 11.5 Å². The van der Waals surface area contributed by atoms with Crippen molar-refractivity contribution in [1.82, 2.24) is 14.7 Å². The van der Waals surface area contributed by atoms with Crippen LogP contribution in [0, 0.1) is 0 Å². The fourth-order valence-electron chi connectivity index (χ4n) is 3.52. The van der Waals surface area contributed by atoms with Gasteiger partial charge in [-0.2, -0.15) is 5.10 Å². The van der Waals surface area contributed by atoms with E-state index in [2.05, 4.69) is 5.10 Å². The second-order valence-electron chi connectivity index (χ2n) is 6.37. The first-order chi connectivity index (χ1) is 12.3. The first-order valence-corrected chi connectivity index (χ1v) is 8.55. The highest BCUT2D eigenvalue weighted by molar-refractivity contribution is 5.99. The lowest BCUT2D eigenvalue weighted by molar-refractivity contribution is -0.129. The van der Waals surface area contributed by atoms with Crippen molar-refractivity contribution in [3.63, 3.8) is 0 Å². The van der Waals surface area contributed by atoms with Crippen molar-refractivity contribution in [1.29, 1.82) is 0 Å². The zero-order chi connectivity index (χ0) is 17.2. The van der Waals surface area contributed by atoms with E-state index < -0.39 is 0 Å². The number of ether oxygens (including phenoxy) is 2. The highest BCUT2D eigenvalue weighted by Gasteiger charge is 2.28. The van der Waals surface area contributed by atoms with Crippen molar-refractivity contribution >= 4 is 12.0 Å². The fourth-order valence-corrected chi connectivity index (χ4v) is 3.52. The van der Waals surface area contributed by atoms with Gasteiger partial charge >= 0.3 is 0 Å². The Labute approximate surface area is 146 Å². The van der Waals surface area contributed by atoms with Gasteiger partial charge in [-0.3, -0.25) is 9.48 Å². The molecule has 1 unspecified atom stereocenters. The second-order valence-corrected chi connectivity index (χ2v) is 6.37. The number of likely N-dealkylation sites (tertiary alicyclic amines) is 1. The molecule has 0 N–H and O–H groups in total. The molecule has 0 aliphatic carbocycles. The third kappa shape index (κ3) is 2.99. The molecule has 1 saturated heterocycles. The maximum atomic E-state index is 12.9. The van der Waals surface area contributed by atoms with Crippen molar-refractivity contribution < 1.29 is 14.3 Å². The Hall–Kier alpha value is -2.76. The molecule has 2 aliphatic rings. The lowest BCUT2D eigenvalue weighted by Crippen LogP contribution is -2.42. The van der Waals surface area contributed by atoms with Gasteiger partial charge < -0.3 is 14.4 Å². The van der Waals surface area contributed by atoms with E-state index in [1.54, 1.807) is 13.3 Å². The molecule has 0 saturated carbocycles. The van der Waals surface area contributed by atoms with Crippen LogP contribution in [0.5, 0.6) is 11.5 Å². The Morgan fingerprint density at radius 2 is 2.28 bits per heavy atom. The molecule has 6 nitrogen and oxygen atoms in total. The Kier molecular flexibility index (Phi) is 4.17. The lowest BCUT2D eigenvalue weighted by Gasteiger charge is -2.34. The van der Waals surface area contributed by atoms with Crippen molar-refractivity contribution in [3.05, 3.63) is 47.8 Å². The summed E-state index contributed by atoms with van der Waals surface area (Å²) in [5, 5.41) is 4.32. The fraction of sp³-hybridized carbons (Fsp3) is 0.368. The predicted molar refractivity (Wildman–Crippen MR) is 93.5 cm³/mol. The molecule has 1 aromatic carbocycles. The van der Waals surface area contributed by atoms with Crippen LogP contribution in [0.2, 0.25) is 0 Å². The lowest BCUT2D eigenvalue weighted by atomic mass is 10.0. The molecule has 3 heterocycles. The third-order valence-corrected chi connectivity index (χ3v) is 4.79. The summed E-state index contributed by atoms with van der Waals surface area (Å²) >= 11 is 0. The summed E-state index contributed by atoms with van der Waals surface area (Å²) in [4.78, 5) is 14.9. The topological polar surface area (TPSA) is 56.6 Å². The highest BCUT2D eigenvalue weighted by atomic mass is 16.5. The first kappa shape index (κ1) is 15.7. The number of rotatable bonds is 3. The van der Waals surface area contributed by atoms with Crippen LogP contribution in [0.25, 0.3) is 6.08 Å². The number of carbonyl (C=O) groups excluding carboxylic acids is 1. The van der Waals surface area contributed by atoms with Gasteiger partial charge in [0.25, 0.3) is 5.91 Å². The molecule has 0 bridgehead atoms. The molecule has 1 fully saturated rings. The number of amides is 1. The van der Waals surface area contributed by atoms with Crippen molar-refractivity contribution in [2.75, 3.05) is 26.8 Å². The zero-order valence-electron chi connectivity index (χ0n) is 14.2. The van der Waals surface area contributed by atoms with Crippen LogP contribution in [-0.2, 0) is 4.79 Å². The van der Waals surface area contributed by atoms with Crippen LogP contribution in [0.4, 0.5) is 0 Å². The molecule has 2 aliphatic heterocycles. The monoisotopic (exact) mass is 339 g/mol. The van der Waals surface area contributed by atoms with Crippen LogP contribution in [0.3, 0.4) is 0 Å². The molecule has 1 atom stereocenters. The highest BCUT2D eigenvalue weighted by Crippen LogP contribution is 2.36. The predicted octanol–water partition coefficient (Wildman–Crippen LogP) is 2.53. The number of aromatic nitrogens is 2. The number of para-hydroxylation sites is 1. The Morgan fingerprint density at radius 3 is 3.08 bits per heavy atom. The molecule has 25 heavy (non-hydrogen) atoms. The van der Waals surface area contributed by atoms with Gasteiger partial charge in [0.2, 0.25) is 0 Å². The normalized spacial score (nSPS) is 19.6. The summed E-state index contributed by atoms with van der Waals surface area (Å²) in [6, 6.07) is 7.86. The Bertz CT molecular complexity index is 798. The number of fused-ring (bicyclic) bond motifs is 1. The van der Waals surface area contributed by atoms with Gasteiger partial charge in [0.05, 0.1) is 18.7 Å². The smallest absolute Gasteiger partial charge is 0.253 e. The van der Waals surface area contributed by atoms with E-state index in [0.29, 0.717) is 23.6 Å². The summed E-state index contributed by atoms with van der Waals surface area (Å²) in [6.45, 7) is 1.73. The van der Waals surface area contributed by atoms with E-state index in [1.165, 1.54) is 0 Å². The van der Waals surface area contributed by atoms with E-state index in [0.717, 1.165) is 24.9 Å². The van der Waals surface area contributed by atoms with Crippen molar-refractivity contribution in [3.8, 4) is 11.5 Å². The standard InChI is InChI=1S/C19H21N3O3/c1-24-17-7-2-5-14-11-15(13-25-18(14)17)19(23)21-9-3-6-16(12-21)22-10-4-8-20-22/h2,4-5,7-8,10-11,16H,3,6,9,12-13H2,1H3. The summed E-state index contributed by atoms with van der Waals surface area (Å²) < 4.78 is 13.1. The zero-order valence-corrected chi connectivity index (χ0v) is 14.2. The summed E-state index contributed by atoms with van der Waals surface area (Å²) in [5.41, 5.74) is 1.57. The average Bonchev–Trinajstić information content (AvgIpc) is 3.21. The third-order valence-electron chi connectivity index (χ3n) is 4.79. The van der Waals surface area contributed by atoms with Crippen molar-refractivity contribution in [2.45, 2.75) is 18.9 Å². The molecule has 1 aromatic heterocycles. The minimum Gasteiger partial charge on any atom is -0.493 e. The molecule has 0 spiro atoms. The number of benzene rings is 1. The number of carbonyl (C=O) groups is 1. The molecular weight excluding hydrogens is 318 g/mol. The maximum Gasteiger partial charge on any atom is 0.253 e.